The Morgan fingerprint density at radius 3 is 1.09 bits per heavy atom. The van der Waals surface area contributed by atoms with Crippen LogP contribution in [0.15, 0.2) is 182 Å². The maximum Gasteiger partial charge on any atom is 0.308 e. The molecule has 13 rings (SSSR count). The minimum Gasteiger partial charge on any atom is -0.442 e. The summed E-state index contributed by atoms with van der Waals surface area (Å²) in [6.45, 7) is 0. The van der Waals surface area contributed by atoms with Crippen LogP contribution in [0.25, 0.3) is 75.9 Å². The van der Waals surface area contributed by atoms with E-state index in [1.54, 1.807) is 0 Å². The van der Waals surface area contributed by atoms with Crippen molar-refractivity contribution < 1.29 is 0 Å². The predicted molar refractivity (Wildman–Crippen MR) is 225 cm³/mol. The van der Waals surface area contributed by atoms with Crippen LogP contribution in [-0.4, -0.2) is 17.2 Å². The summed E-state index contributed by atoms with van der Waals surface area (Å²) in [4.78, 5) is 0. The number of fused-ring (bicyclic) bond motifs is 12. The molecule has 9 aromatic carbocycles. The van der Waals surface area contributed by atoms with E-state index in [1.807, 2.05) is 0 Å². The van der Waals surface area contributed by atoms with Crippen LogP contribution in [0.2, 0.25) is 0 Å². The molecule has 0 atom stereocenters. The predicted octanol–water partition coefficient (Wildman–Crippen LogP) is 12.5. The highest BCUT2D eigenvalue weighted by Crippen LogP contribution is 2.58. The minimum absolute atomic E-state index is 1.18. The Morgan fingerprint density at radius 1 is 0.283 bits per heavy atom. The third-order valence-electron chi connectivity index (χ3n) is 12.0. The van der Waals surface area contributed by atoms with Gasteiger partial charge in [0.25, 0.3) is 0 Å². The number of benzene rings is 9. The molecule has 1 spiro atoms. The summed E-state index contributed by atoms with van der Waals surface area (Å²) in [5, 5.41) is 13.0. The molecule has 0 bridgehead atoms. The molecule has 2 aliphatic heterocycles. The lowest BCUT2D eigenvalue weighted by atomic mass is 9.91. The van der Waals surface area contributed by atoms with Gasteiger partial charge in [-0.05, 0) is 70.1 Å². The second kappa shape index (κ2) is 9.73. The van der Waals surface area contributed by atoms with E-state index < -0.39 is 8.72 Å². The Morgan fingerprint density at radius 2 is 0.642 bits per heavy atom. The van der Waals surface area contributed by atoms with Crippen LogP contribution in [0.4, 0.5) is 22.7 Å². The Balaban J connectivity index is 1.43. The molecule has 0 fully saturated rings. The zero-order valence-electron chi connectivity index (χ0n) is 28.6. The van der Waals surface area contributed by atoms with Gasteiger partial charge in [0.2, 0.25) is 0 Å². The fraction of sp³-hybridized carbons (Fsp3) is 0. The fourth-order valence-electron chi connectivity index (χ4n) is 10.2. The third kappa shape index (κ3) is 3.16. The highest BCUT2D eigenvalue weighted by Gasteiger charge is 2.51. The van der Waals surface area contributed by atoms with Crippen molar-refractivity contribution in [2.45, 2.75) is 0 Å². The van der Waals surface area contributed by atoms with Gasteiger partial charge in [0.15, 0.2) is 0 Å². The van der Waals surface area contributed by atoms with E-state index in [2.05, 4.69) is 200 Å². The topological polar surface area (TPSA) is 16.3 Å². The number of nitrogens with zero attached hydrogens (tertiary/aromatic N) is 4. The summed E-state index contributed by atoms with van der Waals surface area (Å²) in [6, 6.07) is 68.2. The van der Waals surface area contributed by atoms with E-state index in [0.717, 1.165) is 0 Å². The van der Waals surface area contributed by atoms with Crippen LogP contribution >= 0.6 is 0 Å². The first-order chi connectivity index (χ1) is 26.4. The fourth-order valence-corrected chi connectivity index (χ4v) is 15.5. The van der Waals surface area contributed by atoms with Gasteiger partial charge in [-0.3, -0.25) is 0 Å². The van der Waals surface area contributed by atoms with Gasteiger partial charge in [-0.2, -0.15) is 0 Å². The molecule has 2 aliphatic rings. The quantitative estimate of drug-likeness (QED) is 0.133. The zero-order valence-corrected chi connectivity index (χ0v) is 29.6. The molecule has 4 heterocycles. The maximum absolute atomic E-state index is 3.56. The van der Waals surface area contributed by atoms with Crippen LogP contribution in [0.3, 0.4) is 0 Å². The van der Waals surface area contributed by atoms with Crippen molar-refractivity contribution in [2.24, 2.45) is 0 Å². The molecule has 5 heteroatoms. The van der Waals surface area contributed by atoms with E-state index in [1.165, 1.54) is 98.7 Å². The molecule has 11 aromatic rings. The van der Waals surface area contributed by atoms with Crippen molar-refractivity contribution in [3.8, 4) is 0 Å². The van der Waals surface area contributed by atoms with Gasteiger partial charge in [0.05, 0.1) is 0 Å². The molecule has 2 aromatic heterocycles. The van der Waals surface area contributed by atoms with Crippen molar-refractivity contribution >= 4 is 107 Å². The molecule has 0 radical (unpaired) electrons. The van der Waals surface area contributed by atoms with Crippen LogP contribution in [0, 0.1) is 0 Å². The van der Waals surface area contributed by atoms with Crippen molar-refractivity contribution in [3.05, 3.63) is 182 Å². The van der Waals surface area contributed by atoms with E-state index in [0.29, 0.717) is 0 Å². The highest BCUT2D eigenvalue weighted by atomic mass is 28.4. The molecule has 0 saturated carbocycles. The first kappa shape index (κ1) is 27.8. The number of hydrogen-bond acceptors (Lipinski definition) is 2. The summed E-state index contributed by atoms with van der Waals surface area (Å²) in [5.41, 5.74) is 9.88. The Bertz CT molecular complexity index is 3140. The van der Waals surface area contributed by atoms with Gasteiger partial charge in [0, 0.05) is 77.1 Å². The number of aromatic nitrogens is 2. The lowest BCUT2D eigenvalue weighted by Crippen LogP contribution is -2.70. The third-order valence-corrected chi connectivity index (χ3v) is 16.4. The number of hydrogen-bond donors (Lipinski definition) is 0. The second-order valence-corrected chi connectivity index (χ2v) is 17.4. The van der Waals surface area contributed by atoms with Gasteiger partial charge >= 0.3 is 8.72 Å². The van der Waals surface area contributed by atoms with E-state index in [4.69, 9.17) is 0 Å². The number of anilines is 4. The van der Waals surface area contributed by atoms with Crippen LogP contribution in [-0.2, 0) is 0 Å². The molecule has 4 nitrogen and oxygen atoms in total. The van der Waals surface area contributed by atoms with Gasteiger partial charge in [-0.15, -0.1) is 0 Å². The van der Waals surface area contributed by atoms with Crippen molar-refractivity contribution in [1.82, 2.24) is 8.47 Å². The van der Waals surface area contributed by atoms with E-state index >= 15 is 0 Å². The molecular weight excluding hydrogens is 661 g/mol. The summed E-state index contributed by atoms with van der Waals surface area (Å²) in [7, 11) is -3.56. The van der Waals surface area contributed by atoms with Crippen LogP contribution in [0.5, 0.6) is 0 Å². The minimum atomic E-state index is -3.56. The lowest BCUT2D eigenvalue weighted by Gasteiger charge is -2.57. The zero-order chi connectivity index (χ0) is 34.4. The standard InChI is InChI=1S/C48H30N4Si/c1-3-15-31(16-4-1)49-43-25-13-14-26-44(43)50(32-17-5-2-6-18-32)53(49)51-41-23-11-9-21-35(41)39-29-27-37-33-19-7-8-20-34(33)38-28-30-40-36-22-10-12-24-42(36)52(53)48(40)46(38)45(37)47(39)51/h1-30H/q-1. The first-order valence-corrected chi connectivity index (χ1v) is 20.2. The molecule has 0 unspecified atom stereocenters. The molecule has 0 amide bonds. The molecular formula is C48H30N4Si-. The monoisotopic (exact) mass is 690 g/mol. The van der Waals surface area contributed by atoms with Crippen LogP contribution in [0.1, 0.15) is 0 Å². The summed E-state index contributed by atoms with van der Waals surface area (Å²) < 4.78 is 11.2. The van der Waals surface area contributed by atoms with Crippen molar-refractivity contribution in [3.63, 3.8) is 0 Å². The Hall–Kier alpha value is -6.82. The molecule has 0 aliphatic carbocycles. The van der Waals surface area contributed by atoms with Crippen molar-refractivity contribution in [2.75, 3.05) is 9.13 Å². The molecule has 247 valence electrons. The largest absolute Gasteiger partial charge is 0.442 e. The summed E-state index contributed by atoms with van der Waals surface area (Å²) in [5.74, 6) is 0. The smallest absolute Gasteiger partial charge is 0.308 e. The molecule has 0 saturated heterocycles. The Labute approximate surface area is 305 Å². The van der Waals surface area contributed by atoms with E-state index in [9.17, 15) is 0 Å². The second-order valence-electron chi connectivity index (χ2n) is 14.4. The van der Waals surface area contributed by atoms with Crippen molar-refractivity contribution in [1.29, 1.82) is 0 Å². The first-order valence-electron chi connectivity index (χ1n) is 18.4. The SMILES string of the molecule is c1ccc(N2c3ccccc3N(c3ccccc3)[Si-]23n2c4ccccc4c4ccc5c6ccccc6c6ccc7c8ccccc8n3c7c6c5c42)cc1. The highest BCUT2D eigenvalue weighted by molar-refractivity contribution is 6.91. The maximum atomic E-state index is 2.83. The van der Waals surface area contributed by atoms with Gasteiger partial charge in [0.1, 0.15) is 0 Å². The number of para-hydroxylation sites is 6. The Kier molecular flexibility index (Phi) is 5.11. The summed E-state index contributed by atoms with van der Waals surface area (Å²) >= 11 is 0. The average molecular weight is 691 g/mol. The average Bonchev–Trinajstić information content (AvgIpc) is 3.83. The number of rotatable bonds is 2. The van der Waals surface area contributed by atoms with Gasteiger partial charge < -0.3 is 17.6 Å². The summed E-state index contributed by atoms with van der Waals surface area (Å²) in [6.07, 6.45) is 0. The van der Waals surface area contributed by atoms with Gasteiger partial charge in [-0.1, -0.05) is 133 Å². The molecule has 53 heavy (non-hydrogen) atoms. The molecule has 0 N–H and O–H groups in total. The van der Waals surface area contributed by atoms with Gasteiger partial charge in [-0.25, -0.2) is 0 Å². The normalized spacial score (nSPS) is 14.5. The lowest BCUT2D eigenvalue weighted by molar-refractivity contribution is 1.04. The van der Waals surface area contributed by atoms with Crippen LogP contribution < -0.4 is 9.13 Å². The van der Waals surface area contributed by atoms with E-state index in [-0.39, 0.29) is 0 Å².